The highest BCUT2D eigenvalue weighted by Gasteiger charge is 2.28. The van der Waals surface area contributed by atoms with Gasteiger partial charge in [0.05, 0.1) is 10.9 Å². The normalized spacial score (nSPS) is 17.7. The topological polar surface area (TPSA) is 49.3 Å². The molecule has 1 unspecified atom stereocenters. The summed E-state index contributed by atoms with van der Waals surface area (Å²) in [6.45, 7) is 7.43. The zero-order chi connectivity index (χ0) is 22.9. The lowest BCUT2D eigenvalue weighted by atomic mass is 10.1. The minimum atomic E-state index is 0.0969. The maximum Gasteiger partial charge on any atom is 0.255 e. The van der Waals surface area contributed by atoms with E-state index >= 15 is 0 Å². The van der Waals surface area contributed by atoms with Crippen molar-refractivity contribution < 1.29 is 4.79 Å². The zero-order valence-electron chi connectivity index (χ0n) is 19.4. The van der Waals surface area contributed by atoms with Crippen LogP contribution < -0.4 is 4.90 Å². The summed E-state index contributed by atoms with van der Waals surface area (Å²) in [7, 11) is 0. The van der Waals surface area contributed by atoms with E-state index in [-0.39, 0.29) is 5.91 Å². The van der Waals surface area contributed by atoms with E-state index < -0.39 is 0 Å². The third kappa shape index (κ3) is 4.42. The van der Waals surface area contributed by atoms with Crippen molar-refractivity contribution >= 4 is 49.2 Å². The van der Waals surface area contributed by atoms with Crippen molar-refractivity contribution in [1.82, 2.24) is 14.9 Å². The molecule has 5 nitrogen and oxygen atoms in total. The van der Waals surface area contributed by atoms with Gasteiger partial charge in [0.2, 0.25) is 0 Å². The van der Waals surface area contributed by atoms with E-state index in [0.29, 0.717) is 19.0 Å². The molecular weight excluding hydrogens is 496 g/mol. The molecule has 7 heteroatoms. The van der Waals surface area contributed by atoms with Crippen molar-refractivity contribution in [1.29, 1.82) is 0 Å². The number of rotatable bonds is 4. The average molecular weight is 528 g/mol. The Morgan fingerprint density at radius 2 is 1.85 bits per heavy atom. The molecule has 0 bridgehead atoms. The maximum absolute atomic E-state index is 13.1. The summed E-state index contributed by atoms with van der Waals surface area (Å²) >= 11 is 5.42. The van der Waals surface area contributed by atoms with E-state index in [2.05, 4.69) is 34.7 Å². The van der Waals surface area contributed by atoms with Gasteiger partial charge in [-0.05, 0) is 65.7 Å². The van der Waals surface area contributed by atoms with E-state index in [9.17, 15) is 4.79 Å². The highest BCUT2D eigenvalue weighted by atomic mass is 79.9. The van der Waals surface area contributed by atoms with Crippen LogP contribution in [0.25, 0.3) is 10.2 Å². The number of hydrogen-bond donors (Lipinski definition) is 0. The summed E-state index contributed by atoms with van der Waals surface area (Å²) in [6, 6.07) is 7.69. The monoisotopic (exact) mass is 526 g/mol. The highest BCUT2D eigenvalue weighted by Crippen LogP contribution is 2.40. The summed E-state index contributed by atoms with van der Waals surface area (Å²) in [5.41, 5.74) is 2.22. The van der Waals surface area contributed by atoms with Crippen LogP contribution >= 0.6 is 27.3 Å². The lowest BCUT2D eigenvalue weighted by Crippen LogP contribution is -2.49. The van der Waals surface area contributed by atoms with Gasteiger partial charge in [0, 0.05) is 41.4 Å². The van der Waals surface area contributed by atoms with Crippen LogP contribution in [0.4, 0.5) is 5.82 Å². The van der Waals surface area contributed by atoms with Gasteiger partial charge in [-0.1, -0.05) is 32.4 Å². The second kappa shape index (κ2) is 9.71. The fourth-order valence-corrected chi connectivity index (χ4v) is 6.61. The number of fused-ring (bicyclic) bond motifs is 3. The first-order chi connectivity index (χ1) is 16.1. The number of thiophene rings is 1. The molecule has 3 aromatic rings. The Morgan fingerprint density at radius 1 is 1.09 bits per heavy atom. The SMILES string of the molecule is CCC(C)c1nc(N2CCN(C(=O)c3ccccc3Br)CC2)c2c3c(sc2n1)CCCCC3. The summed E-state index contributed by atoms with van der Waals surface area (Å²) in [6.07, 6.45) is 7.16. The van der Waals surface area contributed by atoms with Gasteiger partial charge in [-0.25, -0.2) is 9.97 Å². The number of carbonyl (C=O) groups excluding carboxylic acids is 1. The van der Waals surface area contributed by atoms with Crippen LogP contribution in [0, 0.1) is 0 Å². The molecule has 1 saturated heterocycles. The Labute approximate surface area is 208 Å². The molecule has 1 fully saturated rings. The number of nitrogens with zero attached hydrogens (tertiary/aromatic N) is 4. The van der Waals surface area contributed by atoms with E-state index in [0.717, 1.165) is 52.4 Å². The lowest BCUT2D eigenvalue weighted by molar-refractivity contribution is 0.0745. The van der Waals surface area contributed by atoms with Crippen LogP contribution in [0.5, 0.6) is 0 Å². The third-order valence-corrected chi connectivity index (χ3v) is 8.96. The van der Waals surface area contributed by atoms with Crippen molar-refractivity contribution in [3.05, 3.63) is 50.6 Å². The van der Waals surface area contributed by atoms with Crippen LogP contribution in [0.1, 0.15) is 72.1 Å². The molecule has 2 aliphatic rings. The fourth-order valence-electron chi connectivity index (χ4n) is 4.89. The number of benzene rings is 1. The smallest absolute Gasteiger partial charge is 0.255 e. The number of amides is 1. The Bertz CT molecular complexity index is 1170. The minimum Gasteiger partial charge on any atom is -0.352 e. The molecule has 0 spiro atoms. The fraction of sp³-hybridized carbons (Fsp3) is 0.500. The van der Waals surface area contributed by atoms with Crippen molar-refractivity contribution in [2.75, 3.05) is 31.1 Å². The number of halogens is 1. The lowest BCUT2D eigenvalue weighted by Gasteiger charge is -2.36. The largest absolute Gasteiger partial charge is 0.352 e. The first-order valence-corrected chi connectivity index (χ1v) is 13.8. The predicted molar refractivity (Wildman–Crippen MR) is 140 cm³/mol. The molecule has 174 valence electrons. The first kappa shape index (κ1) is 22.8. The van der Waals surface area contributed by atoms with Crippen LogP contribution in [0.2, 0.25) is 0 Å². The van der Waals surface area contributed by atoms with Crippen LogP contribution in [0.3, 0.4) is 0 Å². The molecule has 33 heavy (non-hydrogen) atoms. The summed E-state index contributed by atoms with van der Waals surface area (Å²) in [5.74, 6) is 2.50. The van der Waals surface area contributed by atoms with E-state index in [1.807, 2.05) is 40.5 Å². The standard InChI is InChI=1S/C26H31BrN4OS/c1-3-17(2)23-28-24(22-19-10-5-4-6-12-21(19)33-25(22)29-23)30-13-15-31(16-14-30)26(32)18-9-7-8-11-20(18)27/h7-9,11,17H,3-6,10,12-16H2,1-2H3. The molecule has 3 heterocycles. The van der Waals surface area contributed by atoms with Crippen molar-refractivity contribution in [3.63, 3.8) is 0 Å². The first-order valence-electron chi connectivity index (χ1n) is 12.2. The van der Waals surface area contributed by atoms with Crippen molar-refractivity contribution in [2.45, 2.75) is 58.3 Å². The van der Waals surface area contributed by atoms with Crippen molar-refractivity contribution in [3.8, 4) is 0 Å². The molecular formula is C26H31BrN4OS. The second-order valence-corrected chi connectivity index (χ2v) is 11.2. The summed E-state index contributed by atoms with van der Waals surface area (Å²) in [5, 5.41) is 1.29. The van der Waals surface area contributed by atoms with Crippen LogP contribution in [-0.2, 0) is 12.8 Å². The number of piperazine rings is 1. The van der Waals surface area contributed by atoms with Gasteiger partial charge in [-0.3, -0.25) is 4.79 Å². The Hall–Kier alpha value is -1.99. The molecule has 2 aromatic heterocycles. The third-order valence-electron chi connectivity index (χ3n) is 7.09. The van der Waals surface area contributed by atoms with Crippen LogP contribution in [-0.4, -0.2) is 47.0 Å². The van der Waals surface area contributed by atoms with Gasteiger partial charge in [0.1, 0.15) is 16.5 Å². The maximum atomic E-state index is 13.1. The highest BCUT2D eigenvalue weighted by molar-refractivity contribution is 9.10. The van der Waals surface area contributed by atoms with Crippen LogP contribution in [0.15, 0.2) is 28.7 Å². The Kier molecular flexibility index (Phi) is 6.70. The summed E-state index contributed by atoms with van der Waals surface area (Å²) in [4.78, 5) is 30.3. The Morgan fingerprint density at radius 3 is 2.61 bits per heavy atom. The van der Waals surface area contributed by atoms with Gasteiger partial charge >= 0.3 is 0 Å². The quantitative estimate of drug-likeness (QED) is 0.379. The van der Waals surface area contributed by atoms with Gasteiger partial charge < -0.3 is 9.80 Å². The Balaban J connectivity index is 1.46. The molecule has 0 radical (unpaired) electrons. The number of anilines is 1. The van der Waals surface area contributed by atoms with E-state index in [1.165, 1.54) is 41.5 Å². The van der Waals surface area contributed by atoms with E-state index in [4.69, 9.17) is 9.97 Å². The van der Waals surface area contributed by atoms with Crippen molar-refractivity contribution in [2.24, 2.45) is 0 Å². The molecule has 1 aromatic carbocycles. The number of hydrogen-bond acceptors (Lipinski definition) is 5. The molecule has 1 aliphatic carbocycles. The number of aromatic nitrogens is 2. The summed E-state index contributed by atoms with van der Waals surface area (Å²) < 4.78 is 0.856. The van der Waals surface area contributed by atoms with Gasteiger partial charge in [-0.2, -0.15) is 0 Å². The minimum absolute atomic E-state index is 0.0969. The molecule has 0 saturated carbocycles. The zero-order valence-corrected chi connectivity index (χ0v) is 21.8. The van der Waals surface area contributed by atoms with Gasteiger partial charge in [0.15, 0.2) is 0 Å². The van der Waals surface area contributed by atoms with E-state index in [1.54, 1.807) is 0 Å². The molecule has 5 rings (SSSR count). The van der Waals surface area contributed by atoms with Gasteiger partial charge in [-0.15, -0.1) is 11.3 Å². The molecule has 1 aliphatic heterocycles. The van der Waals surface area contributed by atoms with Gasteiger partial charge in [0.25, 0.3) is 5.91 Å². The predicted octanol–water partition coefficient (Wildman–Crippen LogP) is 6.20. The molecule has 1 atom stereocenters. The second-order valence-electron chi connectivity index (χ2n) is 9.22. The average Bonchev–Trinajstić information content (AvgIpc) is 3.03. The number of aryl methyl sites for hydroxylation is 2. The molecule has 1 amide bonds. The molecule has 0 N–H and O–H groups in total. The number of carbonyl (C=O) groups is 1.